The molecule has 0 aliphatic rings. The molecule has 0 aliphatic carbocycles. The molecular formula is C14H19NO2. The summed E-state index contributed by atoms with van der Waals surface area (Å²) in [6, 6.07) is 7.92. The summed E-state index contributed by atoms with van der Waals surface area (Å²) in [6.07, 6.45) is 5.51. The Kier molecular flexibility index (Phi) is 6.04. The van der Waals surface area contributed by atoms with E-state index in [0.717, 1.165) is 24.1 Å². The number of benzene rings is 1. The van der Waals surface area contributed by atoms with Gasteiger partial charge in [0.25, 0.3) is 0 Å². The number of methoxy groups -OCH3 is 1. The number of rotatable bonds is 6. The second-order valence-electron chi connectivity index (χ2n) is 3.79. The van der Waals surface area contributed by atoms with Gasteiger partial charge in [-0.1, -0.05) is 36.4 Å². The average Bonchev–Trinajstić information content (AvgIpc) is 2.35. The number of nitrogens with one attached hydrogen (secondary N) is 1. The van der Waals surface area contributed by atoms with Crippen LogP contribution in [0.1, 0.15) is 17.5 Å². The smallest absolute Gasteiger partial charge is 0.309 e. The Labute approximate surface area is 102 Å². The molecule has 0 saturated heterocycles. The number of esters is 1. The van der Waals surface area contributed by atoms with Gasteiger partial charge in [-0.15, -0.1) is 0 Å². The zero-order valence-electron chi connectivity index (χ0n) is 10.4. The number of carbonyl (C=O) groups is 1. The summed E-state index contributed by atoms with van der Waals surface area (Å²) >= 11 is 0. The molecule has 92 valence electrons. The first-order valence-electron chi connectivity index (χ1n) is 5.73. The molecule has 0 radical (unpaired) electrons. The van der Waals surface area contributed by atoms with E-state index in [2.05, 4.69) is 22.2 Å². The lowest BCUT2D eigenvalue weighted by atomic mass is 10.1. The van der Waals surface area contributed by atoms with Crippen LogP contribution >= 0.6 is 0 Å². The van der Waals surface area contributed by atoms with Gasteiger partial charge in [0.15, 0.2) is 0 Å². The van der Waals surface area contributed by atoms with Crippen LogP contribution in [0.4, 0.5) is 0 Å². The van der Waals surface area contributed by atoms with Gasteiger partial charge < -0.3 is 10.1 Å². The summed E-state index contributed by atoms with van der Waals surface area (Å²) in [5.41, 5.74) is 2.09. The molecule has 1 aromatic carbocycles. The second kappa shape index (κ2) is 7.63. The predicted molar refractivity (Wildman–Crippen MR) is 69.7 cm³/mol. The fraction of sp³-hybridized carbons (Fsp3) is 0.357. The van der Waals surface area contributed by atoms with Crippen LogP contribution in [0, 0.1) is 0 Å². The molecule has 1 N–H and O–H groups in total. The number of hydrogen-bond acceptors (Lipinski definition) is 3. The molecule has 1 rings (SSSR count). The quantitative estimate of drug-likeness (QED) is 0.603. The minimum absolute atomic E-state index is 0.207. The fourth-order valence-corrected chi connectivity index (χ4v) is 1.49. The lowest BCUT2D eigenvalue weighted by Crippen LogP contribution is -2.05. The van der Waals surface area contributed by atoms with Crippen LogP contribution in [0.2, 0.25) is 0 Å². The van der Waals surface area contributed by atoms with Crippen LogP contribution in [0.25, 0.3) is 6.08 Å². The van der Waals surface area contributed by atoms with Crippen molar-refractivity contribution >= 4 is 12.0 Å². The van der Waals surface area contributed by atoms with E-state index >= 15 is 0 Å². The lowest BCUT2D eigenvalue weighted by molar-refractivity contribution is -0.139. The summed E-state index contributed by atoms with van der Waals surface area (Å²) in [6.45, 7) is 0.971. The number of ether oxygens (including phenoxy) is 1. The molecule has 0 fully saturated rings. The van der Waals surface area contributed by atoms with Gasteiger partial charge in [-0.3, -0.25) is 4.79 Å². The monoisotopic (exact) mass is 233 g/mol. The molecule has 0 amide bonds. The van der Waals surface area contributed by atoms with E-state index in [-0.39, 0.29) is 5.97 Å². The van der Waals surface area contributed by atoms with E-state index in [1.54, 1.807) is 0 Å². The van der Waals surface area contributed by atoms with Gasteiger partial charge in [-0.2, -0.15) is 0 Å². The summed E-state index contributed by atoms with van der Waals surface area (Å²) < 4.78 is 4.64. The molecule has 0 aliphatic heterocycles. The highest BCUT2D eigenvalue weighted by Gasteiger charge is 2.02. The molecule has 3 nitrogen and oxygen atoms in total. The van der Waals surface area contributed by atoms with Crippen molar-refractivity contribution in [3.63, 3.8) is 0 Å². The Balaban J connectivity index is 2.59. The maximum absolute atomic E-state index is 11.1. The summed E-state index contributed by atoms with van der Waals surface area (Å²) in [4.78, 5) is 11.1. The standard InChI is InChI=1S/C14H19NO2/c1-15-9-4-3-6-12-7-5-8-13(10-12)11-14(16)17-2/h3,5-8,10,15H,4,9,11H2,1-2H3. The largest absolute Gasteiger partial charge is 0.469 e. The van der Waals surface area contributed by atoms with Crippen LogP contribution in [-0.2, 0) is 16.0 Å². The highest BCUT2D eigenvalue weighted by Crippen LogP contribution is 2.08. The minimum Gasteiger partial charge on any atom is -0.469 e. The van der Waals surface area contributed by atoms with Gasteiger partial charge in [-0.05, 0) is 31.1 Å². The van der Waals surface area contributed by atoms with Gasteiger partial charge in [-0.25, -0.2) is 0 Å². The third-order valence-corrected chi connectivity index (χ3v) is 2.40. The van der Waals surface area contributed by atoms with E-state index in [4.69, 9.17) is 0 Å². The van der Waals surface area contributed by atoms with Crippen molar-refractivity contribution in [2.45, 2.75) is 12.8 Å². The summed E-state index contributed by atoms with van der Waals surface area (Å²) in [7, 11) is 3.34. The van der Waals surface area contributed by atoms with E-state index in [1.165, 1.54) is 7.11 Å². The Bertz CT molecular complexity index is 386. The number of carbonyl (C=O) groups excluding carboxylic acids is 1. The highest BCUT2D eigenvalue weighted by molar-refractivity contribution is 5.72. The first-order valence-corrected chi connectivity index (χ1v) is 5.73. The van der Waals surface area contributed by atoms with Crippen molar-refractivity contribution < 1.29 is 9.53 Å². The van der Waals surface area contributed by atoms with E-state index in [9.17, 15) is 4.79 Å². The van der Waals surface area contributed by atoms with Crippen molar-refractivity contribution in [1.82, 2.24) is 5.32 Å². The second-order valence-corrected chi connectivity index (χ2v) is 3.79. The molecule has 0 bridgehead atoms. The molecule has 0 saturated carbocycles. The van der Waals surface area contributed by atoms with Gasteiger partial charge in [0.05, 0.1) is 13.5 Å². The molecule has 0 atom stereocenters. The topological polar surface area (TPSA) is 38.3 Å². The molecule has 17 heavy (non-hydrogen) atoms. The molecule has 0 unspecified atom stereocenters. The predicted octanol–water partition coefficient (Wildman–Crippen LogP) is 2.02. The van der Waals surface area contributed by atoms with E-state index in [0.29, 0.717) is 6.42 Å². The SMILES string of the molecule is CNCCC=Cc1cccc(CC(=O)OC)c1. The maximum atomic E-state index is 11.1. The minimum atomic E-state index is -0.207. The fourth-order valence-electron chi connectivity index (χ4n) is 1.49. The van der Waals surface area contributed by atoms with Crippen molar-refractivity contribution in [1.29, 1.82) is 0 Å². The van der Waals surface area contributed by atoms with Crippen molar-refractivity contribution in [2.24, 2.45) is 0 Å². The van der Waals surface area contributed by atoms with Gasteiger partial charge in [0.2, 0.25) is 0 Å². The third kappa shape index (κ3) is 5.31. The lowest BCUT2D eigenvalue weighted by Gasteiger charge is -2.01. The Morgan fingerprint density at radius 1 is 1.47 bits per heavy atom. The molecule has 3 heteroatoms. The van der Waals surface area contributed by atoms with Gasteiger partial charge in [0.1, 0.15) is 0 Å². The van der Waals surface area contributed by atoms with Crippen LogP contribution in [0.3, 0.4) is 0 Å². The average molecular weight is 233 g/mol. The maximum Gasteiger partial charge on any atom is 0.309 e. The highest BCUT2D eigenvalue weighted by atomic mass is 16.5. The van der Waals surface area contributed by atoms with Gasteiger partial charge >= 0.3 is 5.97 Å². The van der Waals surface area contributed by atoms with Crippen molar-refractivity contribution in [3.8, 4) is 0 Å². The number of hydrogen-bond donors (Lipinski definition) is 1. The zero-order valence-corrected chi connectivity index (χ0v) is 10.4. The Hall–Kier alpha value is -1.61. The summed E-state index contributed by atoms with van der Waals surface area (Å²) in [5.74, 6) is -0.207. The first kappa shape index (κ1) is 13.5. The molecule has 0 heterocycles. The van der Waals surface area contributed by atoms with Gasteiger partial charge in [0, 0.05) is 0 Å². The first-order chi connectivity index (χ1) is 8.26. The Morgan fingerprint density at radius 2 is 2.29 bits per heavy atom. The van der Waals surface area contributed by atoms with E-state index in [1.807, 2.05) is 31.3 Å². The summed E-state index contributed by atoms with van der Waals surface area (Å²) in [5, 5.41) is 3.09. The Morgan fingerprint density at radius 3 is 3.00 bits per heavy atom. The molecule has 0 spiro atoms. The molecule has 1 aromatic rings. The van der Waals surface area contributed by atoms with Crippen LogP contribution in [-0.4, -0.2) is 26.7 Å². The van der Waals surface area contributed by atoms with Crippen LogP contribution in [0.15, 0.2) is 30.3 Å². The zero-order chi connectivity index (χ0) is 12.5. The van der Waals surface area contributed by atoms with E-state index < -0.39 is 0 Å². The normalized spacial score (nSPS) is 10.7. The van der Waals surface area contributed by atoms with Crippen molar-refractivity contribution in [2.75, 3.05) is 20.7 Å². The molecular weight excluding hydrogens is 214 g/mol. The van der Waals surface area contributed by atoms with Crippen LogP contribution < -0.4 is 5.32 Å². The molecule has 0 aromatic heterocycles. The van der Waals surface area contributed by atoms with Crippen molar-refractivity contribution in [3.05, 3.63) is 41.5 Å². The third-order valence-electron chi connectivity index (χ3n) is 2.40. The van der Waals surface area contributed by atoms with Crippen LogP contribution in [0.5, 0.6) is 0 Å².